The minimum atomic E-state index is 0.0961. The molecule has 3 fully saturated rings. The van der Waals surface area contributed by atoms with Crippen molar-refractivity contribution in [1.82, 2.24) is 10.6 Å². The molecule has 0 bridgehead atoms. The Morgan fingerprint density at radius 1 is 1.33 bits per heavy atom. The molecule has 0 spiro atoms. The average Bonchev–Trinajstić information content (AvgIpc) is 2.99. The zero-order chi connectivity index (χ0) is 12.4. The van der Waals surface area contributed by atoms with Crippen LogP contribution in [0.15, 0.2) is 0 Å². The highest BCUT2D eigenvalue weighted by Crippen LogP contribution is 2.37. The van der Waals surface area contributed by atoms with Crippen molar-refractivity contribution >= 4 is 29.4 Å². The normalized spacial score (nSPS) is 39.6. The number of thioether (sulfide) groups is 2. The fourth-order valence-corrected chi connectivity index (χ4v) is 6.07. The predicted octanol–water partition coefficient (Wildman–Crippen LogP) is 1.34. The van der Waals surface area contributed by atoms with E-state index in [0.29, 0.717) is 11.2 Å². The lowest BCUT2D eigenvalue weighted by molar-refractivity contribution is -0.123. The zero-order valence-electron chi connectivity index (χ0n) is 10.7. The maximum Gasteiger partial charge on any atom is 0.237 e. The number of amides is 1. The van der Waals surface area contributed by atoms with Gasteiger partial charge >= 0.3 is 0 Å². The quantitative estimate of drug-likeness (QED) is 0.821. The van der Waals surface area contributed by atoms with Crippen LogP contribution in [-0.2, 0) is 4.79 Å². The summed E-state index contributed by atoms with van der Waals surface area (Å²) in [5, 5.41) is 7.21. The molecular formula is C13H22N2OS2. The molecule has 0 aromatic carbocycles. The van der Waals surface area contributed by atoms with E-state index in [4.69, 9.17) is 0 Å². The second-order valence-electron chi connectivity index (χ2n) is 5.55. The van der Waals surface area contributed by atoms with E-state index in [-0.39, 0.29) is 11.9 Å². The molecule has 3 nitrogen and oxygen atoms in total. The average molecular weight is 286 g/mol. The summed E-state index contributed by atoms with van der Waals surface area (Å²) in [5.41, 5.74) is 0. The van der Waals surface area contributed by atoms with Crippen LogP contribution >= 0.6 is 23.5 Å². The van der Waals surface area contributed by atoms with Gasteiger partial charge in [-0.15, -0.1) is 0 Å². The van der Waals surface area contributed by atoms with Crippen LogP contribution < -0.4 is 10.6 Å². The third kappa shape index (κ3) is 2.83. The second-order valence-corrected chi connectivity index (χ2v) is 8.11. The van der Waals surface area contributed by atoms with E-state index in [0.717, 1.165) is 19.0 Å². The van der Waals surface area contributed by atoms with Crippen molar-refractivity contribution in [2.45, 2.75) is 30.6 Å². The maximum atomic E-state index is 12.2. The van der Waals surface area contributed by atoms with Gasteiger partial charge in [-0.2, -0.15) is 23.5 Å². The van der Waals surface area contributed by atoms with Crippen LogP contribution in [0, 0.1) is 11.8 Å². The van der Waals surface area contributed by atoms with Gasteiger partial charge in [0.2, 0.25) is 5.91 Å². The molecule has 1 saturated carbocycles. The zero-order valence-corrected chi connectivity index (χ0v) is 12.3. The van der Waals surface area contributed by atoms with Gasteiger partial charge in [0, 0.05) is 29.1 Å². The Bertz CT molecular complexity index is 307. The Labute approximate surface area is 118 Å². The Kier molecular flexibility index (Phi) is 4.42. The van der Waals surface area contributed by atoms with Crippen molar-refractivity contribution in [1.29, 1.82) is 0 Å². The molecule has 4 atom stereocenters. The number of hydrogen-bond acceptors (Lipinski definition) is 4. The van der Waals surface area contributed by atoms with E-state index in [1.807, 2.05) is 23.5 Å². The van der Waals surface area contributed by atoms with Crippen LogP contribution in [0.1, 0.15) is 19.3 Å². The van der Waals surface area contributed by atoms with Gasteiger partial charge in [-0.25, -0.2) is 0 Å². The van der Waals surface area contributed by atoms with Crippen LogP contribution in [0.3, 0.4) is 0 Å². The smallest absolute Gasteiger partial charge is 0.237 e. The third-order valence-electron chi connectivity index (χ3n) is 4.42. The molecule has 5 heteroatoms. The summed E-state index contributed by atoms with van der Waals surface area (Å²) in [5.74, 6) is 5.31. The number of hydrogen-bond donors (Lipinski definition) is 2. The Morgan fingerprint density at radius 3 is 3.11 bits per heavy atom. The minimum absolute atomic E-state index is 0.0961. The van der Waals surface area contributed by atoms with Crippen molar-refractivity contribution in [3.8, 4) is 0 Å². The fourth-order valence-electron chi connectivity index (χ4n) is 3.45. The molecule has 1 amide bonds. The summed E-state index contributed by atoms with van der Waals surface area (Å²) < 4.78 is 0. The highest BCUT2D eigenvalue weighted by molar-refractivity contribution is 8.06. The number of rotatable bonds is 3. The summed E-state index contributed by atoms with van der Waals surface area (Å²) in [6.07, 6.45) is 3.87. The van der Waals surface area contributed by atoms with E-state index in [2.05, 4.69) is 10.6 Å². The van der Waals surface area contributed by atoms with Crippen molar-refractivity contribution < 1.29 is 4.79 Å². The molecule has 0 radical (unpaired) electrons. The molecule has 2 saturated heterocycles. The van der Waals surface area contributed by atoms with Crippen LogP contribution in [-0.4, -0.2) is 47.5 Å². The Morgan fingerprint density at radius 2 is 2.28 bits per heavy atom. The van der Waals surface area contributed by atoms with Gasteiger partial charge in [0.15, 0.2) is 0 Å². The Balaban J connectivity index is 1.46. The molecule has 18 heavy (non-hydrogen) atoms. The summed E-state index contributed by atoms with van der Waals surface area (Å²) in [4.78, 5) is 12.2. The molecular weight excluding hydrogens is 264 g/mol. The summed E-state index contributed by atoms with van der Waals surface area (Å²) >= 11 is 4.03. The highest BCUT2D eigenvalue weighted by atomic mass is 32.2. The van der Waals surface area contributed by atoms with Gasteiger partial charge in [-0.3, -0.25) is 4.79 Å². The number of fused-ring (bicyclic) bond motifs is 1. The van der Waals surface area contributed by atoms with Gasteiger partial charge < -0.3 is 10.6 Å². The van der Waals surface area contributed by atoms with Crippen molar-refractivity contribution in [3.05, 3.63) is 0 Å². The molecule has 102 valence electrons. The first-order chi connectivity index (χ1) is 8.84. The van der Waals surface area contributed by atoms with Crippen molar-refractivity contribution in [3.63, 3.8) is 0 Å². The lowest BCUT2D eigenvalue weighted by atomic mass is 9.93. The van der Waals surface area contributed by atoms with Gasteiger partial charge in [0.25, 0.3) is 0 Å². The molecule has 0 aromatic rings. The molecule has 0 aromatic heterocycles. The van der Waals surface area contributed by atoms with Gasteiger partial charge in [-0.1, -0.05) is 6.42 Å². The largest absolute Gasteiger partial charge is 0.354 e. The van der Waals surface area contributed by atoms with Crippen molar-refractivity contribution in [2.75, 3.05) is 30.3 Å². The van der Waals surface area contributed by atoms with Crippen LogP contribution in [0.4, 0.5) is 0 Å². The summed E-state index contributed by atoms with van der Waals surface area (Å²) in [6.45, 7) is 1.91. The lowest BCUT2D eigenvalue weighted by Crippen LogP contribution is -2.46. The van der Waals surface area contributed by atoms with E-state index in [1.165, 1.54) is 36.5 Å². The van der Waals surface area contributed by atoms with E-state index in [1.54, 1.807) is 0 Å². The van der Waals surface area contributed by atoms with Crippen LogP contribution in [0.5, 0.6) is 0 Å². The molecule has 2 heterocycles. The molecule has 2 aliphatic heterocycles. The first-order valence-corrected chi connectivity index (χ1v) is 9.25. The van der Waals surface area contributed by atoms with E-state index in [9.17, 15) is 4.79 Å². The van der Waals surface area contributed by atoms with Gasteiger partial charge in [0.1, 0.15) is 0 Å². The number of carbonyl (C=O) groups is 1. The van der Waals surface area contributed by atoms with Gasteiger partial charge in [0.05, 0.1) is 6.04 Å². The third-order valence-corrected chi connectivity index (χ3v) is 7.26. The van der Waals surface area contributed by atoms with E-state index < -0.39 is 0 Å². The van der Waals surface area contributed by atoms with Crippen LogP contribution in [0.2, 0.25) is 0 Å². The van der Waals surface area contributed by atoms with E-state index >= 15 is 0 Å². The SMILES string of the molecule is O=C(NCC1CSCCS1)C1NCC2CCCC21. The maximum absolute atomic E-state index is 12.2. The fraction of sp³-hybridized carbons (Fsp3) is 0.923. The summed E-state index contributed by atoms with van der Waals surface area (Å²) in [7, 11) is 0. The lowest BCUT2D eigenvalue weighted by Gasteiger charge is -2.23. The number of nitrogens with one attached hydrogen (secondary N) is 2. The van der Waals surface area contributed by atoms with Gasteiger partial charge in [-0.05, 0) is 31.2 Å². The molecule has 3 aliphatic rings. The molecule has 4 unspecified atom stereocenters. The first-order valence-electron chi connectivity index (χ1n) is 7.05. The predicted molar refractivity (Wildman–Crippen MR) is 79.2 cm³/mol. The minimum Gasteiger partial charge on any atom is -0.354 e. The molecule has 2 N–H and O–H groups in total. The first kappa shape index (κ1) is 13.1. The van der Waals surface area contributed by atoms with Crippen LogP contribution in [0.25, 0.3) is 0 Å². The monoisotopic (exact) mass is 286 g/mol. The van der Waals surface area contributed by atoms with Crippen molar-refractivity contribution in [2.24, 2.45) is 11.8 Å². The standard InChI is InChI=1S/C13H22N2OS2/c16-13(15-7-10-8-17-4-5-18-10)12-11-3-1-2-9(11)6-14-12/h9-12,14H,1-8H2,(H,15,16). The summed E-state index contributed by atoms with van der Waals surface area (Å²) in [6, 6.07) is 0.0961. The highest BCUT2D eigenvalue weighted by Gasteiger charge is 2.42. The topological polar surface area (TPSA) is 41.1 Å². The number of carbonyl (C=O) groups excluding carboxylic acids is 1. The molecule has 1 aliphatic carbocycles. The second kappa shape index (κ2) is 6.06. The molecule has 3 rings (SSSR count). The Hall–Kier alpha value is 0.130.